The highest BCUT2D eigenvalue weighted by atomic mass is 16.2. The van der Waals surface area contributed by atoms with Gasteiger partial charge < -0.3 is 10.6 Å². The van der Waals surface area contributed by atoms with Crippen LogP contribution in [-0.4, -0.2) is 16.8 Å². The third-order valence-electron chi connectivity index (χ3n) is 4.35. The SMILES string of the molecule is C=C/C(=C\C)C(=O)Nc1ccc(C)cc1.Cc1ccc(NC(=O)c2ccncc2)cc1. The van der Waals surface area contributed by atoms with E-state index in [1.54, 1.807) is 36.7 Å². The molecule has 3 aromatic rings. The normalized spacial score (nSPS) is 10.4. The molecular formula is C26H27N3O2. The Bertz CT molecular complexity index is 1040. The maximum atomic E-state index is 11.8. The van der Waals surface area contributed by atoms with Gasteiger partial charge in [-0.05, 0) is 57.2 Å². The summed E-state index contributed by atoms with van der Waals surface area (Å²) in [5, 5.41) is 5.61. The first-order valence-corrected chi connectivity index (χ1v) is 9.87. The lowest BCUT2D eigenvalue weighted by Crippen LogP contribution is -2.12. The molecule has 1 aromatic heterocycles. The minimum absolute atomic E-state index is 0.119. The second-order valence-electron chi connectivity index (χ2n) is 6.82. The number of pyridine rings is 1. The van der Waals surface area contributed by atoms with E-state index in [9.17, 15) is 9.59 Å². The van der Waals surface area contributed by atoms with Crippen LogP contribution in [0.1, 0.15) is 28.4 Å². The third-order valence-corrected chi connectivity index (χ3v) is 4.35. The lowest BCUT2D eigenvalue weighted by atomic mass is 10.2. The monoisotopic (exact) mass is 413 g/mol. The molecule has 0 aliphatic rings. The lowest BCUT2D eigenvalue weighted by molar-refractivity contribution is -0.112. The number of benzene rings is 2. The van der Waals surface area contributed by atoms with Crippen LogP contribution < -0.4 is 10.6 Å². The van der Waals surface area contributed by atoms with Crippen LogP contribution in [0.25, 0.3) is 0 Å². The molecule has 0 atom stereocenters. The summed E-state index contributed by atoms with van der Waals surface area (Å²) >= 11 is 0. The molecule has 31 heavy (non-hydrogen) atoms. The number of nitrogens with one attached hydrogen (secondary N) is 2. The van der Waals surface area contributed by atoms with Gasteiger partial charge in [-0.25, -0.2) is 0 Å². The van der Waals surface area contributed by atoms with Gasteiger partial charge >= 0.3 is 0 Å². The van der Waals surface area contributed by atoms with E-state index in [-0.39, 0.29) is 11.8 Å². The molecule has 5 heteroatoms. The molecule has 3 rings (SSSR count). The van der Waals surface area contributed by atoms with Crippen molar-refractivity contribution >= 4 is 23.2 Å². The van der Waals surface area contributed by atoms with Crippen LogP contribution in [0.4, 0.5) is 11.4 Å². The molecule has 2 aromatic carbocycles. The molecule has 0 bridgehead atoms. The van der Waals surface area contributed by atoms with E-state index < -0.39 is 0 Å². The topological polar surface area (TPSA) is 71.1 Å². The summed E-state index contributed by atoms with van der Waals surface area (Å²) in [6.07, 6.45) is 6.48. The molecule has 158 valence electrons. The van der Waals surface area contributed by atoms with Crippen LogP contribution >= 0.6 is 0 Å². The van der Waals surface area contributed by atoms with Crippen molar-refractivity contribution in [2.45, 2.75) is 20.8 Å². The van der Waals surface area contributed by atoms with Gasteiger partial charge in [-0.2, -0.15) is 0 Å². The Morgan fingerprint density at radius 1 is 0.806 bits per heavy atom. The van der Waals surface area contributed by atoms with Crippen molar-refractivity contribution in [3.8, 4) is 0 Å². The summed E-state index contributed by atoms with van der Waals surface area (Å²) in [6, 6.07) is 18.7. The van der Waals surface area contributed by atoms with Gasteiger partial charge in [0.1, 0.15) is 0 Å². The Hall–Kier alpha value is -3.99. The molecule has 0 unspecified atom stereocenters. The van der Waals surface area contributed by atoms with Gasteiger partial charge in [0.2, 0.25) is 0 Å². The molecule has 0 fully saturated rings. The summed E-state index contributed by atoms with van der Waals surface area (Å²) < 4.78 is 0. The van der Waals surface area contributed by atoms with Crippen LogP contribution in [0, 0.1) is 13.8 Å². The summed E-state index contributed by atoms with van der Waals surface area (Å²) in [7, 11) is 0. The Kier molecular flexibility index (Phi) is 8.92. The standard InChI is InChI=1S/C13H12N2O.C13H15NO/c1-10-2-4-12(5-3-10)15-13(16)11-6-8-14-9-7-11;1-4-11(5-2)13(15)14-12-8-6-10(3)7-9-12/h2-9H,1H3,(H,15,16);4-9H,1H2,2-3H3,(H,14,15)/b;11-5+. The minimum atomic E-state index is -0.128. The van der Waals surface area contributed by atoms with Gasteiger partial charge in [0, 0.05) is 34.9 Å². The van der Waals surface area contributed by atoms with Crippen molar-refractivity contribution < 1.29 is 9.59 Å². The molecule has 0 spiro atoms. The van der Waals surface area contributed by atoms with Crippen molar-refractivity contribution in [3.63, 3.8) is 0 Å². The highest BCUT2D eigenvalue weighted by Gasteiger charge is 2.05. The van der Waals surface area contributed by atoms with E-state index in [0.29, 0.717) is 11.1 Å². The smallest absolute Gasteiger partial charge is 0.255 e. The molecule has 0 saturated carbocycles. The summed E-state index contributed by atoms with van der Waals surface area (Å²) in [4.78, 5) is 27.2. The highest BCUT2D eigenvalue weighted by molar-refractivity contribution is 6.05. The number of carbonyl (C=O) groups excluding carboxylic acids is 2. The predicted octanol–water partition coefficient (Wildman–Crippen LogP) is 5.71. The van der Waals surface area contributed by atoms with Crippen LogP contribution in [0.15, 0.2) is 97.4 Å². The minimum Gasteiger partial charge on any atom is -0.322 e. The number of allylic oxidation sites excluding steroid dienone is 1. The average Bonchev–Trinajstić information content (AvgIpc) is 2.79. The number of amides is 2. The zero-order valence-electron chi connectivity index (χ0n) is 18.1. The molecular weight excluding hydrogens is 386 g/mol. The maximum absolute atomic E-state index is 11.8. The van der Waals surface area contributed by atoms with Gasteiger partial charge in [-0.15, -0.1) is 0 Å². The molecule has 0 saturated heterocycles. The highest BCUT2D eigenvalue weighted by Crippen LogP contribution is 2.11. The first kappa shape index (κ1) is 23.3. The zero-order valence-corrected chi connectivity index (χ0v) is 18.1. The van der Waals surface area contributed by atoms with Crippen molar-refractivity contribution in [1.29, 1.82) is 0 Å². The summed E-state index contributed by atoms with van der Waals surface area (Å²) in [5.41, 5.74) is 5.12. The number of aromatic nitrogens is 1. The predicted molar refractivity (Wildman–Crippen MR) is 127 cm³/mol. The van der Waals surface area contributed by atoms with E-state index in [1.165, 1.54) is 11.1 Å². The van der Waals surface area contributed by atoms with Crippen LogP contribution in [-0.2, 0) is 4.79 Å². The van der Waals surface area contributed by atoms with E-state index in [4.69, 9.17) is 0 Å². The largest absolute Gasteiger partial charge is 0.322 e. The van der Waals surface area contributed by atoms with E-state index in [0.717, 1.165) is 11.4 Å². The first-order chi connectivity index (χ1) is 14.9. The fourth-order valence-electron chi connectivity index (χ4n) is 2.53. The second kappa shape index (κ2) is 11.9. The third kappa shape index (κ3) is 7.74. The van der Waals surface area contributed by atoms with Crippen LogP contribution in [0.5, 0.6) is 0 Å². The molecule has 1 heterocycles. The molecule has 0 radical (unpaired) electrons. The number of anilines is 2. The Labute approximate surface area is 183 Å². The Balaban J connectivity index is 0.000000221. The average molecular weight is 414 g/mol. The van der Waals surface area contributed by atoms with Gasteiger partial charge in [-0.3, -0.25) is 14.6 Å². The lowest BCUT2D eigenvalue weighted by Gasteiger charge is -2.05. The number of hydrogen-bond donors (Lipinski definition) is 2. The fourth-order valence-corrected chi connectivity index (χ4v) is 2.53. The Morgan fingerprint density at radius 3 is 1.74 bits per heavy atom. The number of carbonyl (C=O) groups is 2. The van der Waals surface area contributed by atoms with Crippen molar-refractivity contribution in [3.05, 3.63) is 114 Å². The van der Waals surface area contributed by atoms with E-state index >= 15 is 0 Å². The number of aryl methyl sites for hydroxylation is 2. The molecule has 2 amide bonds. The van der Waals surface area contributed by atoms with Gasteiger partial charge in [0.15, 0.2) is 0 Å². The number of rotatable bonds is 5. The summed E-state index contributed by atoms with van der Waals surface area (Å²) in [6.45, 7) is 9.41. The maximum Gasteiger partial charge on any atom is 0.255 e. The van der Waals surface area contributed by atoms with Gasteiger partial charge in [0.05, 0.1) is 0 Å². The number of nitrogens with zero attached hydrogens (tertiary/aromatic N) is 1. The van der Waals surface area contributed by atoms with E-state index in [2.05, 4.69) is 22.2 Å². The quantitative estimate of drug-likeness (QED) is 0.416. The van der Waals surface area contributed by atoms with Gasteiger partial charge in [-0.1, -0.05) is 54.1 Å². The Morgan fingerprint density at radius 2 is 1.29 bits per heavy atom. The van der Waals surface area contributed by atoms with Gasteiger partial charge in [0.25, 0.3) is 11.8 Å². The molecule has 0 aliphatic carbocycles. The molecule has 5 nitrogen and oxygen atoms in total. The molecule has 0 aliphatic heterocycles. The first-order valence-electron chi connectivity index (χ1n) is 9.87. The van der Waals surface area contributed by atoms with E-state index in [1.807, 2.05) is 69.3 Å². The van der Waals surface area contributed by atoms with Crippen molar-refractivity contribution in [2.75, 3.05) is 10.6 Å². The second-order valence-corrected chi connectivity index (χ2v) is 6.82. The van der Waals surface area contributed by atoms with Crippen molar-refractivity contribution in [1.82, 2.24) is 4.98 Å². The van der Waals surface area contributed by atoms with Crippen LogP contribution in [0.3, 0.4) is 0 Å². The van der Waals surface area contributed by atoms with Crippen molar-refractivity contribution in [2.24, 2.45) is 0 Å². The number of hydrogen-bond acceptors (Lipinski definition) is 3. The van der Waals surface area contributed by atoms with Crippen LogP contribution in [0.2, 0.25) is 0 Å². The summed E-state index contributed by atoms with van der Waals surface area (Å²) in [5.74, 6) is -0.248. The molecule has 2 N–H and O–H groups in total. The zero-order chi connectivity index (χ0) is 22.6. The fraction of sp³-hybridized carbons (Fsp3) is 0.115.